The zero-order chi connectivity index (χ0) is 20.6. The number of pyridine rings is 1. The Balaban J connectivity index is 1.55. The van der Waals surface area contributed by atoms with Crippen molar-refractivity contribution in [3.8, 4) is 11.6 Å². The third-order valence-corrected chi connectivity index (χ3v) is 5.52. The maximum atomic E-state index is 12.4. The van der Waals surface area contributed by atoms with Crippen LogP contribution in [0.3, 0.4) is 0 Å². The van der Waals surface area contributed by atoms with Crippen LogP contribution in [-0.4, -0.2) is 31.9 Å². The van der Waals surface area contributed by atoms with Gasteiger partial charge in [0.2, 0.25) is 5.88 Å². The van der Waals surface area contributed by atoms with Gasteiger partial charge in [-0.25, -0.2) is 4.98 Å². The van der Waals surface area contributed by atoms with Crippen LogP contribution in [0.2, 0.25) is 0 Å². The SMILES string of the molecule is Cn1nc(OC2CCCC(C)(C)C2)c2ccc(NC(=O)c3ncccc3O)cc21. The first kappa shape index (κ1) is 19.2. The average Bonchev–Trinajstić information content (AvgIpc) is 2.96. The Hall–Kier alpha value is -3.09. The Morgan fingerprint density at radius 1 is 1.34 bits per heavy atom. The van der Waals surface area contributed by atoms with Crippen LogP contribution in [0.15, 0.2) is 36.5 Å². The van der Waals surface area contributed by atoms with Crippen molar-refractivity contribution in [1.82, 2.24) is 14.8 Å². The van der Waals surface area contributed by atoms with Crippen molar-refractivity contribution in [1.29, 1.82) is 0 Å². The zero-order valence-corrected chi connectivity index (χ0v) is 17.0. The minimum absolute atomic E-state index is 0.0125. The molecule has 2 N–H and O–H groups in total. The number of benzene rings is 1. The number of rotatable bonds is 4. The molecule has 2 heterocycles. The molecule has 1 atom stereocenters. The minimum Gasteiger partial charge on any atom is -0.505 e. The standard InChI is InChI=1S/C22H26N4O3/c1-22(2)10-4-6-15(13-22)29-21-16-9-8-14(12-17(16)26(3)25-21)24-20(28)19-18(27)7-5-11-23-19/h5,7-9,11-12,15,27H,4,6,10,13H2,1-3H3,(H,24,28). The summed E-state index contributed by atoms with van der Waals surface area (Å²) in [6.07, 6.45) is 6.10. The van der Waals surface area contributed by atoms with Crippen LogP contribution in [0.25, 0.3) is 10.9 Å². The lowest BCUT2D eigenvalue weighted by atomic mass is 9.76. The Kier molecular flexibility index (Phi) is 4.90. The van der Waals surface area contributed by atoms with Crippen LogP contribution in [0.1, 0.15) is 50.0 Å². The van der Waals surface area contributed by atoms with E-state index in [4.69, 9.17) is 4.74 Å². The predicted octanol–water partition coefficient (Wildman–Crippen LogP) is 4.27. The van der Waals surface area contributed by atoms with Crippen molar-refractivity contribution < 1.29 is 14.6 Å². The smallest absolute Gasteiger partial charge is 0.278 e. The monoisotopic (exact) mass is 394 g/mol. The second kappa shape index (κ2) is 7.39. The molecule has 0 radical (unpaired) electrons. The Morgan fingerprint density at radius 3 is 2.93 bits per heavy atom. The summed E-state index contributed by atoms with van der Waals surface area (Å²) in [5.74, 6) is 0.00804. The van der Waals surface area contributed by atoms with Crippen LogP contribution in [-0.2, 0) is 7.05 Å². The number of nitrogens with one attached hydrogen (secondary N) is 1. The Labute approximate surface area is 169 Å². The molecule has 0 bridgehead atoms. The molecule has 1 unspecified atom stereocenters. The van der Waals surface area contributed by atoms with E-state index in [1.54, 1.807) is 16.8 Å². The number of carbonyl (C=O) groups excluding carboxylic acids is 1. The number of carbonyl (C=O) groups is 1. The molecular weight excluding hydrogens is 368 g/mol. The van der Waals surface area contributed by atoms with Gasteiger partial charge >= 0.3 is 0 Å². The molecule has 2 aromatic heterocycles. The molecule has 1 saturated carbocycles. The molecule has 1 aliphatic carbocycles. The van der Waals surface area contributed by atoms with E-state index in [0.29, 0.717) is 17.0 Å². The number of anilines is 1. The van der Waals surface area contributed by atoms with Crippen LogP contribution >= 0.6 is 0 Å². The number of aromatic hydroxyl groups is 1. The van der Waals surface area contributed by atoms with Gasteiger partial charge in [0.05, 0.1) is 10.9 Å². The molecule has 4 rings (SSSR count). The number of aryl methyl sites for hydroxylation is 1. The normalized spacial score (nSPS) is 18.5. The van der Waals surface area contributed by atoms with Gasteiger partial charge in [0.15, 0.2) is 5.69 Å². The first-order valence-corrected chi connectivity index (χ1v) is 9.91. The maximum absolute atomic E-state index is 12.4. The van der Waals surface area contributed by atoms with Crippen molar-refractivity contribution >= 4 is 22.5 Å². The summed E-state index contributed by atoms with van der Waals surface area (Å²) in [6, 6.07) is 8.56. The lowest BCUT2D eigenvalue weighted by Gasteiger charge is -2.34. The summed E-state index contributed by atoms with van der Waals surface area (Å²) in [6.45, 7) is 4.57. The van der Waals surface area contributed by atoms with E-state index >= 15 is 0 Å². The molecule has 152 valence electrons. The Bertz CT molecular complexity index is 1060. The van der Waals surface area contributed by atoms with Gasteiger partial charge in [0.25, 0.3) is 5.91 Å². The van der Waals surface area contributed by atoms with Gasteiger partial charge in [-0.3, -0.25) is 9.48 Å². The lowest BCUT2D eigenvalue weighted by molar-refractivity contribution is 0.0820. The largest absolute Gasteiger partial charge is 0.505 e. The first-order chi connectivity index (χ1) is 13.8. The van der Waals surface area contributed by atoms with Gasteiger partial charge < -0.3 is 15.2 Å². The number of aromatic nitrogens is 3. The van der Waals surface area contributed by atoms with E-state index in [1.807, 2.05) is 19.2 Å². The van der Waals surface area contributed by atoms with Gasteiger partial charge in [-0.1, -0.05) is 13.8 Å². The fourth-order valence-corrected chi connectivity index (χ4v) is 4.04. The van der Waals surface area contributed by atoms with Crippen molar-refractivity contribution in [2.45, 2.75) is 45.6 Å². The highest BCUT2D eigenvalue weighted by atomic mass is 16.5. The number of nitrogens with zero attached hydrogens (tertiary/aromatic N) is 3. The highest BCUT2D eigenvalue weighted by Gasteiger charge is 2.30. The van der Waals surface area contributed by atoms with Crippen molar-refractivity contribution in [2.75, 3.05) is 5.32 Å². The molecule has 29 heavy (non-hydrogen) atoms. The number of hydrogen-bond acceptors (Lipinski definition) is 5. The van der Waals surface area contributed by atoms with Crippen molar-refractivity contribution in [3.63, 3.8) is 0 Å². The second-order valence-electron chi connectivity index (χ2n) is 8.49. The van der Waals surface area contributed by atoms with Gasteiger partial charge in [-0.05, 0) is 61.4 Å². The highest BCUT2D eigenvalue weighted by Crippen LogP contribution is 2.38. The molecule has 0 saturated heterocycles. The fourth-order valence-electron chi connectivity index (χ4n) is 4.04. The maximum Gasteiger partial charge on any atom is 0.278 e. The lowest BCUT2D eigenvalue weighted by Crippen LogP contribution is -2.30. The second-order valence-corrected chi connectivity index (χ2v) is 8.49. The van der Waals surface area contributed by atoms with E-state index in [2.05, 4.69) is 29.2 Å². The molecule has 0 spiro atoms. The summed E-state index contributed by atoms with van der Waals surface area (Å²) < 4.78 is 8.03. The fraction of sp³-hybridized carbons (Fsp3) is 0.409. The third-order valence-electron chi connectivity index (χ3n) is 5.52. The van der Waals surface area contributed by atoms with Gasteiger partial charge in [-0.2, -0.15) is 0 Å². The van der Waals surface area contributed by atoms with Crippen LogP contribution < -0.4 is 10.1 Å². The van der Waals surface area contributed by atoms with Crippen LogP contribution in [0.5, 0.6) is 11.6 Å². The summed E-state index contributed by atoms with van der Waals surface area (Å²) in [4.78, 5) is 16.3. The van der Waals surface area contributed by atoms with E-state index in [-0.39, 0.29) is 17.5 Å². The molecule has 7 nitrogen and oxygen atoms in total. The van der Waals surface area contributed by atoms with E-state index in [0.717, 1.165) is 23.7 Å². The zero-order valence-electron chi connectivity index (χ0n) is 17.0. The molecule has 1 aliphatic rings. The number of fused-ring (bicyclic) bond motifs is 1. The summed E-state index contributed by atoms with van der Waals surface area (Å²) in [5, 5.41) is 18.1. The molecular formula is C22H26N4O3. The molecule has 0 aliphatic heterocycles. The summed E-state index contributed by atoms with van der Waals surface area (Å²) >= 11 is 0. The highest BCUT2D eigenvalue weighted by molar-refractivity contribution is 6.05. The topological polar surface area (TPSA) is 89.3 Å². The molecule has 1 fully saturated rings. The number of hydrogen-bond donors (Lipinski definition) is 2. The van der Waals surface area contributed by atoms with E-state index < -0.39 is 5.91 Å². The van der Waals surface area contributed by atoms with Gasteiger partial charge in [0, 0.05) is 18.9 Å². The average molecular weight is 394 g/mol. The van der Waals surface area contributed by atoms with Crippen molar-refractivity contribution in [2.24, 2.45) is 12.5 Å². The quantitative estimate of drug-likeness (QED) is 0.690. The van der Waals surface area contributed by atoms with Gasteiger partial charge in [-0.15, -0.1) is 5.10 Å². The third kappa shape index (κ3) is 4.04. The first-order valence-electron chi connectivity index (χ1n) is 9.91. The number of amides is 1. The molecule has 1 aromatic carbocycles. The van der Waals surface area contributed by atoms with E-state index in [1.165, 1.54) is 25.1 Å². The molecule has 3 aromatic rings. The number of ether oxygens (including phenoxy) is 1. The Morgan fingerprint density at radius 2 is 2.17 bits per heavy atom. The van der Waals surface area contributed by atoms with Crippen molar-refractivity contribution in [3.05, 3.63) is 42.2 Å². The summed E-state index contributed by atoms with van der Waals surface area (Å²) in [5.41, 5.74) is 1.74. The minimum atomic E-state index is -0.467. The van der Waals surface area contributed by atoms with Crippen LogP contribution in [0, 0.1) is 5.41 Å². The molecule has 1 amide bonds. The summed E-state index contributed by atoms with van der Waals surface area (Å²) in [7, 11) is 1.86. The van der Waals surface area contributed by atoms with Gasteiger partial charge in [0.1, 0.15) is 11.9 Å². The van der Waals surface area contributed by atoms with E-state index in [9.17, 15) is 9.90 Å². The predicted molar refractivity (Wildman–Crippen MR) is 111 cm³/mol. The molecule has 7 heteroatoms. The van der Waals surface area contributed by atoms with Crippen LogP contribution in [0.4, 0.5) is 5.69 Å².